The van der Waals surface area contributed by atoms with Crippen molar-refractivity contribution in [2.75, 3.05) is 13.2 Å². The maximum absolute atomic E-state index is 12.1. The van der Waals surface area contributed by atoms with Gasteiger partial charge in [-0.1, -0.05) is 0 Å². The maximum atomic E-state index is 12.1. The molecular formula is C12H18N2O5S. The summed E-state index contributed by atoms with van der Waals surface area (Å²) >= 11 is 0. The number of aryl methyl sites for hydroxylation is 1. The number of carboxylic acids is 1. The average molecular weight is 302 g/mol. The molecule has 1 aliphatic heterocycles. The number of aromatic carboxylic acids is 1. The summed E-state index contributed by atoms with van der Waals surface area (Å²) in [6.07, 6.45) is 2.99. The zero-order chi connectivity index (χ0) is 15.0. The van der Waals surface area contributed by atoms with E-state index in [2.05, 4.69) is 4.72 Å². The van der Waals surface area contributed by atoms with Gasteiger partial charge in [0.2, 0.25) is 10.0 Å². The number of sulfonamides is 1. The van der Waals surface area contributed by atoms with Crippen LogP contribution in [0.5, 0.6) is 0 Å². The summed E-state index contributed by atoms with van der Waals surface area (Å²) < 4.78 is 33.6. The normalized spacial score (nSPS) is 23.1. The molecule has 2 N–H and O–H groups in total. The molecule has 1 aromatic rings. The highest BCUT2D eigenvalue weighted by atomic mass is 32.2. The Balaban J connectivity index is 2.14. The van der Waals surface area contributed by atoms with E-state index in [9.17, 15) is 13.2 Å². The van der Waals surface area contributed by atoms with Gasteiger partial charge < -0.3 is 14.4 Å². The van der Waals surface area contributed by atoms with Crippen LogP contribution < -0.4 is 4.72 Å². The quantitative estimate of drug-likeness (QED) is 0.828. The van der Waals surface area contributed by atoms with Crippen LogP contribution in [0.3, 0.4) is 0 Å². The molecule has 8 heteroatoms. The molecule has 1 saturated heterocycles. The number of nitrogens with zero attached hydrogens (tertiary/aromatic N) is 1. The SMILES string of the molecule is Cn1cc(S(=O)(=O)NCC2(C)CCCO2)cc1C(=O)O. The number of hydrogen-bond donors (Lipinski definition) is 2. The van der Waals surface area contributed by atoms with Crippen LogP contribution in [-0.4, -0.2) is 42.8 Å². The van der Waals surface area contributed by atoms with Crippen molar-refractivity contribution in [3.8, 4) is 0 Å². The summed E-state index contributed by atoms with van der Waals surface area (Å²) in [6, 6.07) is 1.14. The van der Waals surface area contributed by atoms with Crippen molar-refractivity contribution < 1.29 is 23.1 Å². The molecule has 1 fully saturated rings. The van der Waals surface area contributed by atoms with Crippen molar-refractivity contribution in [3.63, 3.8) is 0 Å². The number of hydrogen-bond acceptors (Lipinski definition) is 4. The molecule has 20 heavy (non-hydrogen) atoms. The zero-order valence-electron chi connectivity index (χ0n) is 11.4. The highest BCUT2D eigenvalue weighted by Crippen LogP contribution is 2.24. The molecule has 0 amide bonds. The largest absolute Gasteiger partial charge is 0.477 e. The molecule has 0 radical (unpaired) electrons. The lowest BCUT2D eigenvalue weighted by atomic mass is 10.0. The second-order valence-electron chi connectivity index (χ2n) is 5.20. The van der Waals surface area contributed by atoms with Gasteiger partial charge in [0.1, 0.15) is 10.6 Å². The summed E-state index contributed by atoms with van der Waals surface area (Å²) in [4.78, 5) is 10.9. The van der Waals surface area contributed by atoms with Gasteiger partial charge in [0.05, 0.1) is 5.60 Å². The standard InChI is InChI=1S/C12H18N2O5S/c1-12(4-3-5-19-12)8-13-20(17,18)9-6-10(11(15)16)14(2)7-9/h6-7,13H,3-5,8H2,1-2H3,(H,15,16). The van der Waals surface area contributed by atoms with Crippen LogP contribution in [-0.2, 0) is 21.8 Å². The molecule has 2 rings (SSSR count). The van der Waals surface area contributed by atoms with Crippen LogP contribution in [0.15, 0.2) is 17.2 Å². The van der Waals surface area contributed by atoms with E-state index in [0.717, 1.165) is 18.9 Å². The third-order valence-electron chi connectivity index (χ3n) is 3.45. The fraction of sp³-hybridized carbons (Fsp3) is 0.583. The number of ether oxygens (including phenoxy) is 1. The molecule has 0 aromatic carbocycles. The molecule has 2 heterocycles. The van der Waals surface area contributed by atoms with Gasteiger partial charge in [-0.25, -0.2) is 17.9 Å². The number of carboxylic acid groups (broad SMARTS) is 1. The Hall–Kier alpha value is -1.38. The Morgan fingerprint density at radius 2 is 2.30 bits per heavy atom. The summed E-state index contributed by atoms with van der Waals surface area (Å²) in [5, 5.41) is 8.93. The second-order valence-corrected chi connectivity index (χ2v) is 6.97. The van der Waals surface area contributed by atoms with Gasteiger partial charge >= 0.3 is 5.97 Å². The van der Waals surface area contributed by atoms with Crippen molar-refractivity contribution in [2.45, 2.75) is 30.3 Å². The number of aromatic nitrogens is 1. The first-order chi connectivity index (χ1) is 9.23. The lowest BCUT2D eigenvalue weighted by Gasteiger charge is -2.23. The molecule has 0 saturated carbocycles. The Morgan fingerprint density at radius 3 is 2.80 bits per heavy atom. The first-order valence-electron chi connectivity index (χ1n) is 6.27. The molecule has 1 aromatic heterocycles. The average Bonchev–Trinajstić information content (AvgIpc) is 2.94. The molecule has 112 valence electrons. The van der Waals surface area contributed by atoms with E-state index in [-0.39, 0.29) is 17.1 Å². The topological polar surface area (TPSA) is 97.6 Å². The highest BCUT2D eigenvalue weighted by molar-refractivity contribution is 7.89. The van der Waals surface area contributed by atoms with Gasteiger partial charge in [-0.15, -0.1) is 0 Å². The minimum atomic E-state index is -3.74. The fourth-order valence-corrected chi connectivity index (χ4v) is 3.43. The molecule has 1 atom stereocenters. The van der Waals surface area contributed by atoms with Gasteiger partial charge in [-0.05, 0) is 25.8 Å². The maximum Gasteiger partial charge on any atom is 0.352 e. The van der Waals surface area contributed by atoms with Crippen molar-refractivity contribution >= 4 is 16.0 Å². The van der Waals surface area contributed by atoms with Gasteiger partial charge in [0, 0.05) is 26.4 Å². The summed E-state index contributed by atoms with van der Waals surface area (Å²) in [6.45, 7) is 2.66. The molecule has 7 nitrogen and oxygen atoms in total. The summed E-state index contributed by atoms with van der Waals surface area (Å²) in [7, 11) is -2.25. The van der Waals surface area contributed by atoms with Crippen molar-refractivity contribution in [1.82, 2.24) is 9.29 Å². The minimum absolute atomic E-state index is 0.0565. The Morgan fingerprint density at radius 1 is 1.60 bits per heavy atom. The molecule has 0 bridgehead atoms. The molecule has 0 aliphatic carbocycles. The monoisotopic (exact) mass is 302 g/mol. The van der Waals surface area contributed by atoms with E-state index in [0.29, 0.717) is 6.61 Å². The third-order valence-corrected chi connectivity index (χ3v) is 4.81. The van der Waals surface area contributed by atoms with Crippen LogP contribution in [0.2, 0.25) is 0 Å². The van der Waals surface area contributed by atoms with Crippen LogP contribution >= 0.6 is 0 Å². The van der Waals surface area contributed by atoms with Gasteiger partial charge in [-0.2, -0.15) is 0 Å². The predicted octanol–water partition coefficient (Wildman–Crippen LogP) is 0.571. The van der Waals surface area contributed by atoms with Gasteiger partial charge in [0.15, 0.2) is 0 Å². The van der Waals surface area contributed by atoms with Crippen molar-refractivity contribution in [2.24, 2.45) is 7.05 Å². The Labute approximate surface area is 117 Å². The Bertz CT molecular complexity index is 614. The second kappa shape index (κ2) is 5.19. The zero-order valence-corrected chi connectivity index (χ0v) is 12.2. The smallest absolute Gasteiger partial charge is 0.352 e. The van der Waals surface area contributed by atoms with E-state index in [4.69, 9.17) is 9.84 Å². The first-order valence-corrected chi connectivity index (χ1v) is 7.75. The van der Waals surface area contributed by atoms with Crippen LogP contribution in [0.1, 0.15) is 30.3 Å². The molecule has 1 aliphatic rings. The highest BCUT2D eigenvalue weighted by Gasteiger charge is 2.32. The summed E-state index contributed by atoms with van der Waals surface area (Å²) in [5.74, 6) is -1.17. The Kier molecular flexibility index (Phi) is 3.90. The lowest BCUT2D eigenvalue weighted by Crippen LogP contribution is -2.39. The molecular weight excluding hydrogens is 284 g/mol. The van der Waals surface area contributed by atoms with Crippen LogP contribution in [0.25, 0.3) is 0 Å². The van der Waals surface area contributed by atoms with E-state index in [1.54, 1.807) is 0 Å². The predicted molar refractivity (Wildman–Crippen MR) is 71.2 cm³/mol. The van der Waals surface area contributed by atoms with Gasteiger partial charge in [-0.3, -0.25) is 0 Å². The third kappa shape index (κ3) is 3.02. The molecule has 0 spiro atoms. The first kappa shape index (κ1) is 15.0. The van der Waals surface area contributed by atoms with Crippen LogP contribution in [0.4, 0.5) is 0 Å². The summed E-state index contributed by atoms with van der Waals surface area (Å²) in [5.41, 5.74) is -0.564. The number of carbonyl (C=O) groups is 1. The molecule has 1 unspecified atom stereocenters. The van der Waals surface area contributed by atoms with E-state index >= 15 is 0 Å². The van der Waals surface area contributed by atoms with Gasteiger partial charge in [0.25, 0.3) is 0 Å². The van der Waals surface area contributed by atoms with Crippen molar-refractivity contribution in [3.05, 3.63) is 18.0 Å². The number of nitrogens with one attached hydrogen (secondary N) is 1. The van der Waals surface area contributed by atoms with Crippen molar-refractivity contribution in [1.29, 1.82) is 0 Å². The van der Waals surface area contributed by atoms with E-state index in [1.807, 2.05) is 6.92 Å². The van der Waals surface area contributed by atoms with E-state index in [1.165, 1.54) is 17.8 Å². The number of rotatable bonds is 5. The lowest BCUT2D eigenvalue weighted by molar-refractivity contribution is 0.0250. The minimum Gasteiger partial charge on any atom is -0.477 e. The van der Waals surface area contributed by atoms with Crippen LogP contribution in [0, 0.1) is 0 Å². The van der Waals surface area contributed by atoms with E-state index < -0.39 is 21.6 Å². The fourth-order valence-electron chi connectivity index (χ4n) is 2.20.